The zero-order valence-electron chi connectivity index (χ0n) is 7.38. The number of hydrogen-bond acceptors (Lipinski definition) is 1. The van der Waals surface area contributed by atoms with Crippen LogP contribution in [-0.2, 0) is 12.8 Å². The van der Waals surface area contributed by atoms with Gasteiger partial charge in [0.15, 0.2) is 0 Å². The first kappa shape index (κ1) is 7.81. The maximum Gasteiger partial charge on any atom is 0.0583 e. The van der Waals surface area contributed by atoms with E-state index in [1.807, 2.05) is 0 Å². The molecular weight excluding hydrogens is 148 g/mol. The molecule has 0 aromatic heterocycles. The molecular formula is C11H14O. The van der Waals surface area contributed by atoms with Gasteiger partial charge in [0.1, 0.15) is 0 Å². The van der Waals surface area contributed by atoms with E-state index in [4.69, 9.17) is 0 Å². The van der Waals surface area contributed by atoms with Gasteiger partial charge in [-0.05, 0) is 37.3 Å². The van der Waals surface area contributed by atoms with Crippen molar-refractivity contribution in [3.05, 3.63) is 34.9 Å². The average molecular weight is 162 g/mol. The minimum absolute atomic E-state index is 0.112. The first-order valence-corrected chi connectivity index (χ1v) is 4.52. The lowest BCUT2D eigenvalue weighted by Gasteiger charge is -2.20. The monoisotopic (exact) mass is 162 g/mol. The number of rotatable bonds is 0. The van der Waals surface area contributed by atoms with E-state index in [-0.39, 0.29) is 6.10 Å². The van der Waals surface area contributed by atoms with Crippen LogP contribution in [0.25, 0.3) is 0 Å². The van der Waals surface area contributed by atoms with Gasteiger partial charge < -0.3 is 5.11 Å². The molecule has 1 aromatic carbocycles. The van der Waals surface area contributed by atoms with Crippen LogP contribution in [-0.4, -0.2) is 11.2 Å². The number of hydrogen-bond donors (Lipinski definition) is 1. The van der Waals surface area contributed by atoms with Gasteiger partial charge in [-0.3, -0.25) is 0 Å². The predicted molar refractivity (Wildman–Crippen MR) is 49.2 cm³/mol. The van der Waals surface area contributed by atoms with Crippen LogP contribution in [0.5, 0.6) is 0 Å². The highest BCUT2D eigenvalue weighted by Gasteiger charge is 2.15. The second-order valence-electron chi connectivity index (χ2n) is 3.67. The molecule has 1 aromatic rings. The molecule has 1 N–H and O–H groups in total. The Bertz CT molecular complexity index is 291. The second-order valence-corrected chi connectivity index (χ2v) is 3.67. The predicted octanol–water partition coefficient (Wildman–Crippen LogP) is 1.84. The molecule has 64 valence electrons. The molecule has 0 fully saturated rings. The van der Waals surface area contributed by atoms with E-state index in [0.717, 1.165) is 19.3 Å². The highest BCUT2D eigenvalue weighted by Crippen LogP contribution is 2.22. The van der Waals surface area contributed by atoms with Gasteiger partial charge in [0, 0.05) is 0 Å². The summed E-state index contributed by atoms with van der Waals surface area (Å²) in [6.45, 7) is 2.10. The van der Waals surface area contributed by atoms with Crippen molar-refractivity contribution in [2.45, 2.75) is 32.3 Å². The van der Waals surface area contributed by atoms with Crippen molar-refractivity contribution in [1.29, 1.82) is 0 Å². The van der Waals surface area contributed by atoms with Crippen molar-refractivity contribution in [2.75, 3.05) is 0 Å². The fourth-order valence-electron chi connectivity index (χ4n) is 1.87. The number of aliphatic hydroxyl groups excluding tert-OH is 1. The van der Waals surface area contributed by atoms with Crippen molar-refractivity contribution in [3.8, 4) is 0 Å². The van der Waals surface area contributed by atoms with Crippen LogP contribution in [0, 0.1) is 6.92 Å². The van der Waals surface area contributed by atoms with E-state index in [2.05, 4.69) is 25.1 Å². The average Bonchev–Trinajstić information content (AvgIpc) is 2.03. The lowest BCUT2D eigenvalue weighted by molar-refractivity contribution is 0.158. The summed E-state index contributed by atoms with van der Waals surface area (Å²) in [5.74, 6) is 0. The molecule has 0 saturated heterocycles. The third-order valence-electron chi connectivity index (χ3n) is 2.56. The summed E-state index contributed by atoms with van der Waals surface area (Å²) in [6, 6.07) is 6.53. The van der Waals surface area contributed by atoms with E-state index < -0.39 is 0 Å². The summed E-state index contributed by atoms with van der Waals surface area (Å²) < 4.78 is 0. The molecule has 0 unspecified atom stereocenters. The van der Waals surface area contributed by atoms with Gasteiger partial charge >= 0.3 is 0 Å². The molecule has 0 heterocycles. The lowest BCUT2D eigenvalue weighted by Crippen LogP contribution is -2.18. The Labute approximate surface area is 73.0 Å². The van der Waals surface area contributed by atoms with Crippen LogP contribution < -0.4 is 0 Å². The zero-order valence-corrected chi connectivity index (χ0v) is 7.38. The highest BCUT2D eigenvalue weighted by atomic mass is 16.3. The largest absolute Gasteiger partial charge is 0.393 e. The molecule has 1 nitrogen and oxygen atoms in total. The summed E-state index contributed by atoms with van der Waals surface area (Å²) in [4.78, 5) is 0. The normalized spacial score (nSPS) is 22.0. The molecule has 1 heteroatoms. The highest BCUT2D eigenvalue weighted by molar-refractivity contribution is 5.33. The summed E-state index contributed by atoms with van der Waals surface area (Å²) in [7, 11) is 0. The topological polar surface area (TPSA) is 20.2 Å². The smallest absolute Gasteiger partial charge is 0.0583 e. The van der Waals surface area contributed by atoms with Gasteiger partial charge in [0.25, 0.3) is 0 Å². The number of benzene rings is 1. The van der Waals surface area contributed by atoms with Gasteiger partial charge in [-0.25, -0.2) is 0 Å². The Hall–Kier alpha value is -0.820. The van der Waals surface area contributed by atoms with E-state index in [9.17, 15) is 5.11 Å². The third-order valence-corrected chi connectivity index (χ3v) is 2.56. The van der Waals surface area contributed by atoms with Crippen LogP contribution in [0.1, 0.15) is 23.1 Å². The van der Waals surface area contributed by atoms with Gasteiger partial charge in [0.05, 0.1) is 6.10 Å². The van der Waals surface area contributed by atoms with Crippen LogP contribution in [0.3, 0.4) is 0 Å². The summed E-state index contributed by atoms with van der Waals surface area (Å²) in [6.07, 6.45) is 2.70. The second kappa shape index (κ2) is 2.91. The minimum atomic E-state index is -0.112. The molecule has 0 aliphatic heterocycles. The van der Waals surface area contributed by atoms with Crippen molar-refractivity contribution < 1.29 is 5.11 Å². The van der Waals surface area contributed by atoms with Crippen LogP contribution in [0.2, 0.25) is 0 Å². The van der Waals surface area contributed by atoms with Gasteiger partial charge in [-0.15, -0.1) is 0 Å². The van der Waals surface area contributed by atoms with Crippen molar-refractivity contribution in [1.82, 2.24) is 0 Å². The van der Waals surface area contributed by atoms with Crippen molar-refractivity contribution in [2.24, 2.45) is 0 Å². The Balaban J connectivity index is 2.37. The molecule has 0 spiro atoms. The van der Waals surface area contributed by atoms with E-state index in [0.29, 0.717) is 0 Å². The maximum atomic E-state index is 9.45. The van der Waals surface area contributed by atoms with Crippen LogP contribution in [0.4, 0.5) is 0 Å². The van der Waals surface area contributed by atoms with Crippen LogP contribution in [0.15, 0.2) is 18.2 Å². The van der Waals surface area contributed by atoms with Crippen LogP contribution >= 0.6 is 0 Å². The molecule has 1 aliphatic carbocycles. The Kier molecular flexibility index (Phi) is 1.89. The fraction of sp³-hybridized carbons (Fsp3) is 0.455. The Morgan fingerprint density at radius 1 is 1.33 bits per heavy atom. The molecule has 1 aliphatic rings. The lowest BCUT2D eigenvalue weighted by atomic mass is 9.89. The molecule has 0 bridgehead atoms. The van der Waals surface area contributed by atoms with Crippen molar-refractivity contribution >= 4 is 0 Å². The van der Waals surface area contributed by atoms with E-state index in [1.54, 1.807) is 0 Å². The Morgan fingerprint density at radius 2 is 2.17 bits per heavy atom. The minimum Gasteiger partial charge on any atom is -0.393 e. The first-order chi connectivity index (χ1) is 5.75. The SMILES string of the molecule is Cc1ccc2c(c1)C[C@H](O)CC2. The molecule has 2 rings (SSSR count). The van der Waals surface area contributed by atoms with E-state index in [1.165, 1.54) is 16.7 Å². The maximum absolute atomic E-state index is 9.45. The fourth-order valence-corrected chi connectivity index (χ4v) is 1.87. The third kappa shape index (κ3) is 1.37. The molecule has 0 radical (unpaired) electrons. The number of aliphatic hydroxyl groups is 1. The summed E-state index contributed by atoms with van der Waals surface area (Å²) >= 11 is 0. The standard InChI is InChI=1S/C11H14O/c1-8-2-3-9-4-5-11(12)7-10(9)6-8/h2-3,6,11-12H,4-5,7H2,1H3/t11-/m1/s1. The molecule has 0 amide bonds. The summed E-state index contributed by atoms with van der Waals surface area (Å²) in [5, 5.41) is 9.45. The quantitative estimate of drug-likeness (QED) is 0.617. The van der Waals surface area contributed by atoms with Gasteiger partial charge in [-0.2, -0.15) is 0 Å². The van der Waals surface area contributed by atoms with Gasteiger partial charge in [-0.1, -0.05) is 23.8 Å². The molecule has 0 saturated carbocycles. The summed E-state index contributed by atoms with van der Waals surface area (Å²) in [5.41, 5.74) is 4.06. The molecule has 12 heavy (non-hydrogen) atoms. The number of fused-ring (bicyclic) bond motifs is 1. The van der Waals surface area contributed by atoms with E-state index >= 15 is 0 Å². The number of aryl methyl sites for hydroxylation is 2. The van der Waals surface area contributed by atoms with Crippen molar-refractivity contribution in [3.63, 3.8) is 0 Å². The van der Waals surface area contributed by atoms with Gasteiger partial charge in [0.2, 0.25) is 0 Å². The zero-order chi connectivity index (χ0) is 8.55. The Morgan fingerprint density at radius 3 is 3.00 bits per heavy atom. The molecule has 1 atom stereocenters. The first-order valence-electron chi connectivity index (χ1n) is 4.52.